The van der Waals surface area contributed by atoms with Crippen molar-refractivity contribution in [3.05, 3.63) is 100 Å². The van der Waals surface area contributed by atoms with Crippen molar-refractivity contribution >= 4 is 69.8 Å². The number of rotatable bonds is 12. The van der Waals surface area contributed by atoms with Gasteiger partial charge < -0.3 is 15.4 Å². The smallest absolute Gasteiger partial charge is 0.356 e. The van der Waals surface area contributed by atoms with E-state index in [2.05, 4.69) is 31.1 Å². The lowest BCUT2D eigenvalue weighted by Gasteiger charge is -2.49. The van der Waals surface area contributed by atoms with Crippen LogP contribution in [0.25, 0.3) is 5.57 Å². The Bertz CT molecular complexity index is 1920. The highest BCUT2D eigenvalue weighted by atomic mass is 32.2. The van der Waals surface area contributed by atoms with Gasteiger partial charge in [0.1, 0.15) is 17.1 Å². The molecule has 6 rings (SSSR count). The zero-order valence-electron chi connectivity index (χ0n) is 25.0. The highest BCUT2D eigenvalue weighted by molar-refractivity contribution is 8.01. The number of benzene rings is 2. The van der Waals surface area contributed by atoms with Crippen LogP contribution in [0.1, 0.15) is 22.9 Å². The minimum atomic E-state index is -0.991. The van der Waals surface area contributed by atoms with E-state index in [1.807, 2.05) is 66.7 Å². The molecule has 2 aliphatic rings. The minimum absolute atomic E-state index is 0.0714. The molecule has 17 heteroatoms. The quantitative estimate of drug-likeness (QED) is 0.0551. The summed E-state index contributed by atoms with van der Waals surface area (Å²) in [7, 11) is 1.70. The number of amides is 3. The molecule has 2 aliphatic heterocycles. The Hall–Kier alpha value is -5.31. The Morgan fingerprint density at radius 2 is 1.88 bits per heavy atom. The van der Waals surface area contributed by atoms with Crippen LogP contribution in [0.2, 0.25) is 0 Å². The van der Waals surface area contributed by atoms with Crippen molar-refractivity contribution in [3.63, 3.8) is 0 Å². The molecule has 0 spiro atoms. The molecular weight excluding hydrogens is 675 g/mol. The fraction of sp³-hybridized carbons (Fsp3) is 0.194. The van der Waals surface area contributed by atoms with Gasteiger partial charge in [0.25, 0.3) is 11.8 Å². The number of tetrazole rings is 1. The Morgan fingerprint density at radius 1 is 1.17 bits per heavy atom. The van der Waals surface area contributed by atoms with Crippen LogP contribution in [0.15, 0.2) is 88.5 Å². The van der Waals surface area contributed by atoms with Crippen LogP contribution in [0.4, 0.5) is 5.13 Å². The third kappa shape index (κ3) is 6.72. The number of ether oxygens (including phenoxy) is 1. The van der Waals surface area contributed by atoms with Crippen molar-refractivity contribution in [1.82, 2.24) is 35.4 Å². The molecule has 0 aliphatic carbocycles. The molecule has 0 radical (unpaired) electrons. The number of fused-ring (bicyclic) bond motifs is 1. The molecule has 242 valence electrons. The van der Waals surface area contributed by atoms with Gasteiger partial charge >= 0.3 is 5.97 Å². The Balaban J connectivity index is 1.28. The van der Waals surface area contributed by atoms with Crippen molar-refractivity contribution in [2.24, 2.45) is 7.05 Å². The number of nitriles is 1. The van der Waals surface area contributed by atoms with E-state index in [0.29, 0.717) is 28.6 Å². The number of thiazole rings is 1. The number of anilines is 1. The van der Waals surface area contributed by atoms with Gasteiger partial charge in [-0.3, -0.25) is 19.3 Å². The summed E-state index contributed by atoms with van der Waals surface area (Å²) in [5.41, 5.74) is 2.35. The molecule has 1 unspecified atom stereocenters. The molecule has 2 N–H and O–H groups in total. The van der Waals surface area contributed by atoms with E-state index in [1.165, 1.54) is 38.5 Å². The van der Waals surface area contributed by atoms with E-state index in [1.54, 1.807) is 7.05 Å². The van der Waals surface area contributed by atoms with Gasteiger partial charge in [-0.2, -0.15) is 5.26 Å². The molecule has 48 heavy (non-hydrogen) atoms. The van der Waals surface area contributed by atoms with Gasteiger partial charge in [0.05, 0.1) is 17.3 Å². The number of aromatic nitrogens is 5. The zero-order valence-corrected chi connectivity index (χ0v) is 27.5. The molecule has 14 nitrogen and oxygen atoms in total. The van der Waals surface area contributed by atoms with Gasteiger partial charge in [-0.25, -0.2) is 14.5 Å². The predicted octanol–water partition coefficient (Wildman–Crippen LogP) is 2.92. The predicted molar refractivity (Wildman–Crippen MR) is 178 cm³/mol. The first-order valence-corrected chi connectivity index (χ1v) is 17.2. The highest BCUT2D eigenvalue weighted by Crippen LogP contribution is 2.43. The second-order valence-corrected chi connectivity index (χ2v) is 13.2. The van der Waals surface area contributed by atoms with E-state index < -0.39 is 35.3 Å². The number of nitrogens with one attached hydrogen (secondary N) is 2. The SMILES string of the molecule is Cn1nnnc1SCC1=C(C(=O)OC(c2ccccc2)c2ccccc2)N2C(=O)C(NC(=O)C(=CC#N)c3csc(NC=O)n3)[C@H]2SC1. The van der Waals surface area contributed by atoms with E-state index in [-0.39, 0.29) is 22.1 Å². The first kappa shape index (κ1) is 32.6. The topological polar surface area (TPSA) is 185 Å². The van der Waals surface area contributed by atoms with E-state index in [4.69, 9.17) is 4.74 Å². The van der Waals surface area contributed by atoms with Crippen LogP contribution in [-0.4, -0.2) is 77.2 Å². The maximum atomic E-state index is 14.2. The standard InChI is InChI=1S/C31H25N9O5S3/c1-39-31(36-37-38-39)48-15-20-14-46-28-23(35-26(42)21(12-13-32)22-16-47-30(34-22)33-17-41)27(43)40(28)24(20)29(44)45-25(18-8-4-2-5-9-18)19-10-6-3-7-11-19/h2-12,16-17,23,25,28H,14-15H2,1H3,(H,35,42)(H,33,34,41)/t23?,28-/m1/s1. The Labute approximate surface area is 286 Å². The first-order valence-electron chi connectivity index (χ1n) is 14.3. The molecule has 0 bridgehead atoms. The molecule has 2 aromatic carbocycles. The number of carbonyl (C=O) groups excluding carboxylic acids is 4. The highest BCUT2D eigenvalue weighted by Gasteiger charge is 2.54. The van der Waals surface area contributed by atoms with E-state index >= 15 is 0 Å². The molecule has 1 saturated heterocycles. The van der Waals surface area contributed by atoms with Crippen LogP contribution >= 0.6 is 34.9 Å². The summed E-state index contributed by atoms with van der Waals surface area (Å²) < 4.78 is 7.71. The minimum Gasteiger partial charge on any atom is -0.448 e. The summed E-state index contributed by atoms with van der Waals surface area (Å²) in [5, 5.41) is 27.7. The van der Waals surface area contributed by atoms with Crippen molar-refractivity contribution in [1.29, 1.82) is 5.26 Å². The Morgan fingerprint density at radius 3 is 2.50 bits per heavy atom. The number of thioether (sulfide) groups is 2. The number of nitrogens with zero attached hydrogens (tertiary/aromatic N) is 7. The third-order valence-electron chi connectivity index (χ3n) is 7.33. The van der Waals surface area contributed by atoms with Crippen LogP contribution in [0.5, 0.6) is 0 Å². The Kier molecular flexibility index (Phi) is 9.94. The lowest BCUT2D eigenvalue weighted by Crippen LogP contribution is -2.70. The number of hydrogen-bond acceptors (Lipinski definition) is 13. The number of allylic oxidation sites excluding steroid dienone is 1. The number of hydrogen-bond donors (Lipinski definition) is 2. The van der Waals surface area contributed by atoms with Crippen molar-refractivity contribution < 1.29 is 23.9 Å². The van der Waals surface area contributed by atoms with E-state index in [9.17, 15) is 24.4 Å². The second kappa shape index (κ2) is 14.6. The number of aryl methyl sites for hydroxylation is 1. The van der Waals surface area contributed by atoms with Gasteiger partial charge in [-0.15, -0.1) is 28.2 Å². The normalized spacial score (nSPS) is 17.3. The maximum absolute atomic E-state index is 14.2. The lowest BCUT2D eigenvalue weighted by atomic mass is 10.0. The maximum Gasteiger partial charge on any atom is 0.356 e. The fourth-order valence-corrected chi connectivity index (χ4v) is 8.08. The number of β-lactam (4-membered cyclic amide) rings is 1. The van der Waals surface area contributed by atoms with Crippen LogP contribution < -0.4 is 10.6 Å². The van der Waals surface area contributed by atoms with Gasteiger partial charge in [0, 0.05) is 30.0 Å². The van der Waals surface area contributed by atoms with Gasteiger partial charge in [0.2, 0.25) is 11.6 Å². The average Bonchev–Trinajstić information content (AvgIpc) is 3.76. The lowest BCUT2D eigenvalue weighted by molar-refractivity contribution is -0.154. The van der Waals surface area contributed by atoms with Crippen LogP contribution in [0, 0.1) is 11.3 Å². The van der Waals surface area contributed by atoms with Crippen molar-refractivity contribution in [3.8, 4) is 6.07 Å². The van der Waals surface area contributed by atoms with Crippen LogP contribution in [-0.2, 0) is 31.0 Å². The molecule has 4 aromatic rings. The molecule has 1 fully saturated rings. The molecule has 2 atom stereocenters. The number of carbonyl (C=O) groups is 4. The average molecular weight is 700 g/mol. The third-order valence-corrected chi connectivity index (χ3v) is 10.5. The molecule has 3 amide bonds. The summed E-state index contributed by atoms with van der Waals surface area (Å²) in [6.45, 7) is 0. The fourth-order valence-electron chi connectivity index (χ4n) is 5.08. The molecule has 4 heterocycles. The summed E-state index contributed by atoms with van der Waals surface area (Å²) in [4.78, 5) is 57.7. The summed E-state index contributed by atoms with van der Waals surface area (Å²) in [6.07, 6.45) is 0.726. The monoisotopic (exact) mass is 699 g/mol. The van der Waals surface area contributed by atoms with E-state index in [0.717, 1.165) is 28.5 Å². The van der Waals surface area contributed by atoms with Crippen LogP contribution in [0.3, 0.4) is 0 Å². The first-order chi connectivity index (χ1) is 23.4. The summed E-state index contributed by atoms with van der Waals surface area (Å²) in [6, 6.07) is 19.5. The summed E-state index contributed by atoms with van der Waals surface area (Å²) >= 11 is 3.78. The molecule has 0 saturated carbocycles. The molecule has 2 aromatic heterocycles. The van der Waals surface area contributed by atoms with Crippen molar-refractivity contribution in [2.75, 3.05) is 16.8 Å². The molecular formula is C31H25N9O5S3. The van der Waals surface area contributed by atoms with Gasteiger partial charge in [-0.05, 0) is 27.1 Å². The van der Waals surface area contributed by atoms with Gasteiger partial charge in [-0.1, -0.05) is 72.4 Å². The summed E-state index contributed by atoms with van der Waals surface area (Å²) in [5.74, 6) is -1.24. The second-order valence-electron chi connectivity index (χ2n) is 10.3. The largest absolute Gasteiger partial charge is 0.448 e. The number of esters is 1. The zero-order chi connectivity index (χ0) is 33.6. The van der Waals surface area contributed by atoms with Crippen molar-refractivity contribution in [2.45, 2.75) is 22.7 Å². The van der Waals surface area contributed by atoms with Gasteiger partial charge in [0.15, 0.2) is 11.2 Å².